The highest BCUT2D eigenvalue weighted by molar-refractivity contribution is 7.99. The summed E-state index contributed by atoms with van der Waals surface area (Å²) in [7, 11) is 1.94. The van der Waals surface area contributed by atoms with Crippen molar-refractivity contribution >= 4 is 44.9 Å². The summed E-state index contributed by atoms with van der Waals surface area (Å²) in [6, 6.07) is 7.53. The van der Waals surface area contributed by atoms with Crippen LogP contribution in [0.25, 0.3) is 21.6 Å². The van der Waals surface area contributed by atoms with Gasteiger partial charge in [-0.3, -0.25) is 4.79 Å². The van der Waals surface area contributed by atoms with E-state index in [0.717, 1.165) is 46.0 Å². The molecule has 2 unspecified atom stereocenters. The Hall–Kier alpha value is -2.16. The molecule has 1 aliphatic rings. The molecule has 31 heavy (non-hydrogen) atoms. The number of aryl methyl sites for hydroxylation is 1. The molecule has 6 nitrogen and oxygen atoms in total. The van der Waals surface area contributed by atoms with Crippen molar-refractivity contribution < 1.29 is 0 Å². The fourth-order valence-electron chi connectivity index (χ4n) is 4.04. The second kappa shape index (κ2) is 8.07. The summed E-state index contributed by atoms with van der Waals surface area (Å²) in [6.45, 7) is 4.30. The Kier molecular flexibility index (Phi) is 5.40. The van der Waals surface area contributed by atoms with Crippen molar-refractivity contribution in [1.82, 2.24) is 24.7 Å². The van der Waals surface area contributed by atoms with Crippen molar-refractivity contribution in [3.8, 4) is 11.4 Å². The van der Waals surface area contributed by atoms with E-state index in [-0.39, 0.29) is 10.8 Å². The highest BCUT2D eigenvalue weighted by atomic mass is 35.5. The summed E-state index contributed by atoms with van der Waals surface area (Å²) < 4.78 is 1.95. The van der Waals surface area contributed by atoms with E-state index in [9.17, 15) is 4.79 Å². The number of nitrogens with zero attached hydrogens (tertiary/aromatic N) is 4. The summed E-state index contributed by atoms with van der Waals surface area (Å²) in [4.78, 5) is 23.0. The number of benzene rings is 1. The van der Waals surface area contributed by atoms with E-state index in [0.29, 0.717) is 16.8 Å². The Morgan fingerprint density at radius 3 is 2.84 bits per heavy atom. The maximum absolute atomic E-state index is 12.9. The molecule has 3 aromatic heterocycles. The average molecular weight is 472 g/mol. The first-order valence-electron chi connectivity index (χ1n) is 10.3. The lowest BCUT2D eigenvalue weighted by Gasteiger charge is -2.17. The van der Waals surface area contributed by atoms with Gasteiger partial charge in [0.2, 0.25) is 0 Å². The van der Waals surface area contributed by atoms with Gasteiger partial charge in [-0.15, -0.1) is 21.5 Å². The third kappa shape index (κ3) is 3.81. The number of thioether (sulfide) groups is 1. The lowest BCUT2D eigenvalue weighted by Crippen LogP contribution is -2.15. The minimum Gasteiger partial charge on any atom is -0.309 e. The number of aromatic amines is 1. The lowest BCUT2D eigenvalue weighted by molar-refractivity contribution is 0.509. The Morgan fingerprint density at radius 2 is 2.06 bits per heavy atom. The summed E-state index contributed by atoms with van der Waals surface area (Å²) in [5, 5.41) is 10.9. The largest absolute Gasteiger partial charge is 0.309 e. The molecular weight excluding hydrogens is 450 g/mol. The second-order valence-corrected chi connectivity index (χ2v) is 10.9. The van der Waals surface area contributed by atoms with Crippen LogP contribution >= 0.6 is 34.7 Å². The lowest BCUT2D eigenvalue weighted by atomic mass is 9.89. The number of H-pyrrole nitrogens is 1. The van der Waals surface area contributed by atoms with Crippen molar-refractivity contribution in [2.45, 2.75) is 43.5 Å². The molecule has 0 spiro atoms. The van der Waals surface area contributed by atoms with E-state index in [4.69, 9.17) is 16.6 Å². The third-order valence-corrected chi connectivity index (χ3v) is 8.33. The number of hydrogen-bond acceptors (Lipinski definition) is 6. The average Bonchev–Trinajstić information content (AvgIpc) is 3.28. The van der Waals surface area contributed by atoms with Crippen molar-refractivity contribution in [2.75, 3.05) is 0 Å². The van der Waals surface area contributed by atoms with Crippen molar-refractivity contribution in [2.24, 2.45) is 13.0 Å². The van der Waals surface area contributed by atoms with Gasteiger partial charge in [-0.2, -0.15) is 0 Å². The van der Waals surface area contributed by atoms with Gasteiger partial charge in [0.1, 0.15) is 10.7 Å². The van der Waals surface area contributed by atoms with E-state index in [1.165, 1.54) is 22.2 Å². The molecule has 1 aliphatic carbocycles. The molecule has 2 atom stereocenters. The first-order chi connectivity index (χ1) is 14.9. The minimum atomic E-state index is -0.0730. The smallest absolute Gasteiger partial charge is 0.259 e. The normalized spacial score (nSPS) is 17.1. The summed E-state index contributed by atoms with van der Waals surface area (Å²) >= 11 is 9.20. The number of halogens is 1. The molecule has 0 amide bonds. The van der Waals surface area contributed by atoms with Crippen LogP contribution in [0.4, 0.5) is 0 Å². The number of aromatic nitrogens is 5. The standard InChI is InChI=1S/C22H22ClN5OS2/c1-11-4-9-15-16(10-11)31-21-17(15)20(29)24-18(25-21)12(2)30-22-27-26-19(28(22)3)13-5-7-14(23)8-6-13/h5-8,11-12H,4,9-10H2,1-3H3,(H,24,25,29). The van der Waals surface area contributed by atoms with Gasteiger partial charge in [0.05, 0.1) is 10.6 Å². The zero-order valence-corrected chi connectivity index (χ0v) is 19.9. The van der Waals surface area contributed by atoms with E-state index in [1.807, 2.05) is 42.8 Å². The van der Waals surface area contributed by atoms with E-state index in [1.54, 1.807) is 11.3 Å². The van der Waals surface area contributed by atoms with Crippen molar-refractivity contribution in [3.05, 3.63) is 55.9 Å². The van der Waals surface area contributed by atoms with Crippen LogP contribution in [0.15, 0.2) is 34.2 Å². The van der Waals surface area contributed by atoms with E-state index >= 15 is 0 Å². The monoisotopic (exact) mass is 471 g/mol. The summed E-state index contributed by atoms with van der Waals surface area (Å²) in [6.07, 6.45) is 3.15. The second-order valence-electron chi connectivity index (χ2n) is 8.12. The Balaban J connectivity index is 1.44. The quantitative estimate of drug-likeness (QED) is 0.402. The Bertz CT molecular complexity index is 1320. The van der Waals surface area contributed by atoms with Gasteiger partial charge in [-0.1, -0.05) is 30.3 Å². The Labute approximate surface area is 193 Å². The molecule has 5 rings (SSSR count). The first-order valence-corrected chi connectivity index (χ1v) is 12.3. The molecule has 0 bridgehead atoms. The molecule has 160 valence electrons. The van der Waals surface area contributed by atoms with E-state index in [2.05, 4.69) is 22.1 Å². The third-order valence-electron chi connectivity index (χ3n) is 5.79. The molecule has 3 heterocycles. The van der Waals surface area contributed by atoms with Crippen molar-refractivity contribution in [1.29, 1.82) is 0 Å². The van der Waals surface area contributed by atoms with Gasteiger partial charge in [-0.25, -0.2) is 4.98 Å². The molecule has 1 N–H and O–H groups in total. The fourth-order valence-corrected chi connectivity index (χ4v) is 6.43. The van der Waals surface area contributed by atoms with Crippen LogP contribution in [-0.4, -0.2) is 24.7 Å². The van der Waals surface area contributed by atoms with Gasteiger partial charge >= 0.3 is 0 Å². The molecule has 9 heteroatoms. The van der Waals surface area contributed by atoms with Crippen molar-refractivity contribution in [3.63, 3.8) is 0 Å². The molecule has 0 fully saturated rings. The van der Waals surface area contributed by atoms with Crippen LogP contribution in [-0.2, 0) is 19.9 Å². The van der Waals surface area contributed by atoms with Crippen LogP contribution in [0.2, 0.25) is 5.02 Å². The highest BCUT2D eigenvalue weighted by Crippen LogP contribution is 2.38. The SMILES string of the molecule is CC1CCc2c(sc3nc(C(C)Sc4nnc(-c5ccc(Cl)cc5)n4C)[nH]c(=O)c23)C1. The molecule has 0 saturated carbocycles. The molecule has 0 saturated heterocycles. The van der Waals surface area contributed by atoms with Crippen LogP contribution in [0.3, 0.4) is 0 Å². The summed E-state index contributed by atoms with van der Waals surface area (Å²) in [5.74, 6) is 2.10. The fraction of sp³-hybridized carbons (Fsp3) is 0.364. The van der Waals surface area contributed by atoms with Gasteiger partial charge in [0.25, 0.3) is 5.56 Å². The molecule has 4 aromatic rings. The predicted octanol–water partition coefficient (Wildman–Crippen LogP) is 5.41. The maximum Gasteiger partial charge on any atom is 0.259 e. The number of rotatable bonds is 4. The number of hydrogen-bond donors (Lipinski definition) is 1. The minimum absolute atomic E-state index is 0.0284. The molecule has 1 aromatic carbocycles. The zero-order chi connectivity index (χ0) is 21.7. The first kappa shape index (κ1) is 20.7. The molecule has 0 aliphatic heterocycles. The van der Waals surface area contributed by atoms with Crippen LogP contribution in [0.1, 0.15) is 41.8 Å². The van der Waals surface area contributed by atoms with Crippen LogP contribution < -0.4 is 5.56 Å². The zero-order valence-electron chi connectivity index (χ0n) is 17.5. The topological polar surface area (TPSA) is 76.5 Å². The summed E-state index contributed by atoms with van der Waals surface area (Å²) in [5.41, 5.74) is 2.13. The maximum atomic E-state index is 12.9. The number of thiophene rings is 1. The number of nitrogens with one attached hydrogen (secondary N) is 1. The predicted molar refractivity (Wildman–Crippen MR) is 127 cm³/mol. The van der Waals surface area contributed by atoms with Gasteiger partial charge in [-0.05, 0) is 61.9 Å². The van der Waals surface area contributed by atoms with Gasteiger partial charge < -0.3 is 9.55 Å². The highest BCUT2D eigenvalue weighted by Gasteiger charge is 2.24. The van der Waals surface area contributed by atoms with E-state index < -0.39 is 0 Å². The van der Waals surface area contributed by atoms with Gasteiger partial charge in [0, 0.05) is 22.5 Å². The van der Waals surface area contributed by atoms with Gasteiger partial charge in [0.15, 0.2) is 11.0 Å². The van der Waals surface area contributed by atoms with Crippen LogP contribution in [0, 0.1) is 5.92 Å². The van der Waals surface area contributed by atoms with Crippen LogP contribution in [0.5, 0.6) is 0 Å². The Morgan fingerprint density at radius 1 is 1.29 bits per heavy atom. The molecular formula is C22H22ClN5OS2. The number of fused-ring (bicyclic) bond motifs is 3. The molecule has 0 radical (unpaired) electrons.